The van der Waals surface area contributed by atoms with Gasteiger partial charge in [-0.05, 0) is 18.1 Å². The molecular weight excluding hydrogens is 236 g/mol. The zero-order valence-electron chi connectivity index (χ0n) is 8.34. The van der Waals surface area contributed by atoms with E-state index in [2.05, 4.69) is 19.6 Å². The van der Waals surface area contributed by atoms with Crippen LogP contribution in [0.1, 0.15) is 26.7 Å². The highest BCUT2D eigenvalue weighted by molar-refractivity contribution is 8.80. The van der Waals surface area contributed by atoms with Crippen LogP contribution in [0.5, 0.6) is 0 Å². The van der Waals surface area contributed by atoms with Gasteiger partial charge in [0.1, 0.15) is 0 Å². The van der Waals surface area contributed by atoms with E-state index in [9.17, 15) is 4.79 Å². The summed E-state index contributed by atoms with van der Waals surface area (Å²) < 4.78 is 0. The van der Waals surface area contributed by atoms with Crippen molar-refractivity contribution in [3.63, 3.8) is 0 Å². The van der Waals surface area contributed by atoms with E-state index in [-0.39, 0.29) is 11.2 Å². The fourth-order valence-corrected chi connectivity index (χ4v) is 4.34. The maximum absolute atomic E-state index is 11.0. The molecule has 1 fully saturated rings. The summed E-state index contributed by atoms with van der Waals surface area (Å²) in [7, 11) is 3.66. The summed E-state index contributed by atoms with van der Waals surface area (Å²) in [5.41, 5.74) is 0. The Kier molecular flexibility index (Phi) is 5.00. The monoisotopic (exact) mass is 252 g/mol. The highest BCUT2D eigenvalue weighted by atomic mass is 33.1. The molecule has 0 aromatic rings. The van der Waals surface area contributed by atoms with Gasteiger partial charge in [0.15, 0.2) is 0 Å². The third-order valence-corrected chi connectivity index (χ3v) is 6.31. The molecule has 0 amide bonds. The van der Waals surface area contributed by atoms with Crippen LogP contribution >= 0.6 is 34.2 Å². The largest absolute Gasteiger partial charge is 0.481 e. The van der Waals surface area contributed by atoms with Gasteiger partial charge in [0, 0.05) is 10.5 Å². The van der Waals surface area contributed by atoms with Crippen LogP contribution in [-0.4, -0.2) is 26.8 Å². The molecule has 1 aliphatic heterocycles. The van der Waals surface area contributed by atoms with E-state index < -0.39 is 5.97 Å². The van der Waals surface area contributed by atoms with Crippen molar-refractivity contribution in [2.24, 2.45) is 5.92 Å². The third kappa shape index (κ3) is 3.59. The zero-order chi connectivity index (χ0) is 10.7. The average Bonchev–Trinajstić information content (AvgIpc) is 2.08. The van der Waals surface area contributed by atoms with Crippen LogP contribution in [0.15, 0.2) is 0 Å². The van der Waals surface area contributed by atoms with Gasteiger partial charge in [-0.3, -0.25) is 4.79 Å². The average molecular weight is 252 g/mol. The molecule has 82 valence electrons. The molecule has 14 heavy (non-hydrogen) atoms. The number of carboxylic acids is 1. The first-order chi connectivity index (χ1) is 6.50. The lowest BCUT2D eigenvalue weighted by molar-refractivity contribution is -0.142. The van der Waals surface area contributed by atoms with Crippen molar-refractivity contribution in [2.45, 2.75) is 42.4 Å². The number of carbonyl (C=O) groups is 1. The maximum Gasteiger partial charge on any atom is 0.306 e. The van der Waals surface area contributed by atoms with Crippen LogP contribution in [-0.2, 0) is 4.79 Å². The highest BCUT2D eigenvalue weighted by Gasteiger charge is 2.33. The fourth-order valence-electron chi connectivity index (χ4n) is 1.47. The van der Waals surface area contributed by atoms with Crippen molar-refractivity contribution in [2.75, 3.05) is 0 Å². The summed E-state index contributed by atoms with van der Waals surface area (Å²) >= 11 is 4.25. The normalized spacial score (nSPS) is 30.5. The lowest BCUT2D eigenvalue weighted by atomic mass is 9.97. The lowest BCUT2D eigenvalue weighted by Gasteiger charge is -2.33. The summed E-state index contributed by atoms with van der Waals surface area (Å²) in [6.07, 6.45) is 1.46. The fraction of sp³-hybridized carbons (Fsp3) is 0.889. The van der Waals surface area contributed by atoms with Crippen LogP contribution in [0.25, 0.3) is 0 Å². The van der Waals surface area contributed by atoms with Gasteiger partial charge >= 0.3 is 5.97 Å². The smallest absolute Gasteiger partial charge is 0.306 e. The topological polar surface area (TPSA) is 37.3 Å². The molecule has 0 aromatic carbocycles. The second kappa shape index (κ2) is 5.56. The number of hydrogen-bond acceptors (Lipinski definition) is 4. The molecule has 0 aliphatic carbocycles. The van der Waals surface area contributed by atoms with Gasteiger partial charge in [-0.1, -0.05) is 35.4 Å². The van der Waals surface area contributed by atoms with Gasteiger partial charge < -0.3 is 5.11 Å². The number of hydrogen-bond donors (Lipinski definition) is 2. The Balaban J connectivity index is 2.38. The van der Waals surface area contributed by atoms with E-state index in [1.165, 1.54) is 0 Å². The molecule has 0 bridgehead atoms. The molecular formula is C9H16O2S3. The van der Waals surface area contributed by atoms with Crippen molar-refractivity contribution in [1.82, 2.24) is 0 Å². The number of carboxylic acid groups (broad SMARTS) is 1. The molecule has 4 unspecified atom stereocenters. The minimum atomic E-state index is -0.671. The SMILES string of the molecule is CC(S)CC(CC1SSC1C)C(=O)O. The molecule has 0 spiro atoms. The quantitative estimate of drug-likeness (QED) is 0.583. The summed E-state index contributed by atoms with van der Waals surface area (Å²) in [5.74, 6) is -0.890. The van der Waals surface area contributed by atoms with Gasteiger partial charge in [0.25, 0.3) is 0 Å². The first-order valence-corrected chi connectivity index (χ1v) is 7.53. The van der Waals surface area contributed by atoms with E-state index in [0.29, 0.717) is 16.9 Å². The first kappa shape index (κ1) is 12.6. The molecule has 1 N–H and O–H groups in total. The third-order valence-electron chi connectivity index (χ3n) is 2.35. The Morgan fingerprint density at radius 1 is 1.57 bits per heavy atom. The summed E-state index contributed by atoms with van der Waals surface area (Å²) in [4.78, 5) is 11.0. The molecule has 1 rings (SSSR count). The van der Waals surface area contributed by atoms with Crippen molar-refractivity contribution in [1.29, 1.82) is 0 Å². The van der Waals surface area contributed by atoms with Crippen LogP contribution in [0.2, 0.25) is 0 Å². The summed E-state index contributed by atoms with van der Waals surface area (Å²) in [6, 6.07) is 0. The van der Waals surface area contributed by atoms with Gasteiger partial charge in [-0.25, -0.2) is 0 Å². The second-order valence-corrected chi connectivity index (χ2v) is 7.56. The molecule has 1 saturated heterocycles. The summed E-state index contributed by atoms with van der Waals surface area (Å²) in [6.45, 7) is 4.11. The van der Waals surface area contributed by atoms with Crippen LogP contribution in [0.3, 0.4) is 0 Å². The van der Waals surface area contributed by atoms with Gasteiger partial charge in [-0.15, -0.1) is 0 Å². The summed E-state index contributed by atoms with van der Waals surface area (Å²) in [5, 5.41) is 10.3. The predicted molar refractivity (Wildman–Crippen MR) is 67.2 cm³/mol. The van der Waals surface area contributed by atoms with E-state index in [1.54, 1.807) is 0 Å². The molecule has 2 nitrogen and oxygen atoms in total. The van der Waals surface area contributed by atoms with Crippen molar-refractivity contribution in [3.8, 4) is 0 Å². The molecule has 0 aromatic heterocycles. The molecule has 0 saturated carbocycles. The van der Waals surface area contributed by atoms with Crippen molar-refractivity contribution in [3.05, 3.63) is 0 Å². The Morgan fingerprint density at radius 2 is 2.21 bits per heavy atom. The van der Waals surface area contributed by atoms with Gasteiger partial charge in [0.05, 0.1) is 5.92 Å². The number of aliphatic carboxylic acids is 1. The molecule has 5 heteroatoms. The zero-order valence-corrected chi connectivity index (χ0v) is 10.9. The highest BCUT2D eigenvalue weighted by Crippen LogP contribution is 2.50. The molecule has 1 aliphatic rings. The van der Waals surface area contributed by atoms with E-state index in [4.69, 9.17) is 5.11 Å². The van der Waals surface area contributed by atoms with Crippen molar-refractivity contribution < 1.29 is 9.90 Å². The number of thiol groups is 1. The van der Waals surface area contributed by atoms with Gasteiger partial charge in [0.2, 0.25) is 0 Å². The number of rotatable bonds is 5. The Morgan fingerprint density at radius 3 is 2.50 bits per heavy atom. The predicted octanol–water partition coefficient (Wildman–Crippen LogP) is 2.94. The Hall–Kier alpha value is 0.520. The first-order valence-electron chi connectivity index (χ1n) is 4.73. The second-order valence-electron chi connectivity index (χ2n) is 3.79. The Labute approximate surface area is 98.4 Å². The standard InChI is InChI=1S/C9H16O2S3/c1-5(12)3-7(9(10)11)4-8-6(2)13-14-8/h5-8,12H,3-4H2,1-2H3,(H,10,11). The minimum absolute atomic E-state index is 0.170. The van der Waals surface area contributed by atoms with E-state index in [0.717, 1.165) is 6.42 Å². The van der Waals surface area contributed by atoms with E-state index in [1.807, 2.05) is 28.5 Å². The van der Waals surface area contributed by atoms with Crippen LogP contribution in [0.4, 0.5) is 0 Å². The molecule has 1 heterocycles. The minimum Gasteiger partial charge on any atom is -0.481 e. The molecule has 0 radical (unpaired) electrons. The van der Waals surface area contributed by atoms with Crippen molar-refractivity contribution >= 4 is 40.2 Å². The molecule has 4 atom stereocenters. The van der Waals surface area contributed by atoms with E-state index >= 15 is 0 Å². The van der Waals surface area contributed by atoms with Gasteiger partial charge in [-0.2, -0.15) is 12.6 Å². The maximum atomic E-state index is 11.0. The lowest BCUT2D eigenvalue weighted by Crippen LogP contribution is -2.30. The van der Waals surface area contributed by atoms with Crippen LogP contribution < -0.4 is 0 Å². The Bertz CT molecular complexity index is 208. The van der Waals surface area contributed by atoms with Crippen LogP contribution in [0, 0.1) is 5.92 Å².